The maximum absolute atomic E-state index is 13.8. The Bertz CT molecular complexity index is 617. The molecule has 3 rings (SSSR count). The number of hydrogen-bond donors (Lipinski definition) is 1. The minimum Gasteiger partial charge on any atom is -0.452 e. The summed E-state index contributed by atoms with van der Waals surface area (Å²) in [5.74, 6) is 0.389. The van der Waals surface area contributed by atoms with Crippen LogP contribution >= 0.6 is 15.9 Å². The van der Waals surface area contributed by atoms with Crippen molar-refractivity contribution in [3.63, 3.8) is 0 Å². The Hall–Kier alpha value is -1.46. The Kier molecular flexibility index (Phi) is 3.98. The van der Waals surface area contributed by atoms with Crippen molar-refractivity contribution in [2.75, 3.05) is 0 Å². The van der Waals surface area contributed by atoms with Crippen LogP contribution in [0.15, 0.2) is 41.1 Å². The van der Waals surface area contributed by atoms with Crippen LogP contribution in [0.3, 0.4) is 0 Å². The zero-order valence-corrected chi connectivity index (χ0v) is 12.4. The molecule has 0 radical (unpaired) electrons. The van der Waals surface area contributed by atoms with Crippen LogP contribution in [0.4, 0.5) is 4.39 Å². The van der Waals surface area contributed by atoms with Gasteiger partial charge in [-0.2, -0.15) is 0 Å². The van der Waals surface area contributed by atoms with Gasteiger partial charge in [0.1, 0.15) is 5.75 Å². The lowest BCUT2D eigenvalue weighted by atomic mass is 10.2. The highest BCUT2D eigenvalue weighted by atomic mass is 79.9. The highest BCUT2D eigenvalue weighted by Gasteiger charge is 2.20. The lowest BCUT2D eigenvalue weighted by Crippen LogP contribution is -2.15. The Balaban J connectivity index is 1.78. The molecule has 1 aliphatic carbocycles. The average Bonchev–Trinajstić information content (AvgIpc) is 3.25. The zero-order valence-electron chi connectivity index (χ0n) is 10.8. The molecule has 2 aromatic rings. The second-order valence-electron chi connectivity index (χ2n) is 4.82. The predicted molar refractivity (Wildman–Crippen MR) is 78.3 cm³/mol. The summed E-state index contributed by atoms with van der Waals surface area (Å²) in [5, 5.41) is 3.41. The van der Waals surface area contributed by atoms with Crippen LogP contribution in [0.25, 0.3) is 0 Å². The quantitative estimate of drug-likeness (QED) is 0.895. The van der Waals surface area contributed by atoms with Gasteiger partial charge in [-0.1, -0.05) is 15.9 Å². The van der Waals surface area contributed by atoms with Crippen molar-refractivity contribution < 1.29 is 9.13 Å². The first-order chi connectivity index (χ1) is 9.72. The molecule has 1 N–H and O–H groups in total. The Morgan fingerprint density at radius 2 is 2.15 bits per heavy atom. The van der Waals surface area contributed by atoms with Gasteiger partial charge >= 0.3 is 0 Å². The van der Waals surface area contributed by atoms with E-state index in [9.17, 15) is 4.39 Å². The maximum atomic E-state index is 13.8. The van der Waals surface area contributed by atoms with Gasteiger partial charge in [0.25, 0.3) is 0 Å². The van der Waals surface area contributed by atoms with Crippen molar-refractivity contribution in [2.24, 2.45) is 0 Å². The second kappa shape index (κ2) is 5.89. The van der Waals surface area contributed by atoms with Gasteiger partial charge in [-0.25, -0.2) is 4.39 Å². The second-order valence-corrected chi connectivity index (χ2v) is 5.73. The van der Waals surface area contributed by atoms with Gasteiger partial charge in [0, 0.05) is 28.8 Å². The molecule has 1 aromatic heterocycles. The first kappa shape index (κ1) is 13.5. The molecule has 1 heterocycles. The fourth-order valence-corrected chi connectivity index (χ4v) is 2.20. The van der Waals surface area contributed by atoms with Crippen LogP contribution < -0.4 is 10.1 Å². The molecule has 5 heteroatoms. The molecule has 20 heavy (non-hydrogen) atoms. The van der Waals surface area contributed by atoms with Crippen molar-refractivity contribution >= 4 is 15.9 Å². The van der Waals surface area contributed by atoms with Gasteiger partial charge in [-0.15, -0.1) is 0 Å². The molecule has 0 atom stereocenters. The predicted octanol–water partition coefficient (Wildman–Crippen LogP) is 4.03. The van der Waals surface area contributed by atoms with E-state index < -0.39 is 5.82 Å². The number of benzene rings is 1. The van der Waals surface area contributed by atoms with Crippen molar-refractivity contribution in [1.82, 2.24) is 10.3 Å². The summed E-state index contributed by atoms with van der Waals surface area (Å²) in [6.45, 7) is 0.709. The first-order valence-electron chi connectivity index (χ1n) is 6.51. The van der Waals surface area contributed by atoms with E-state index in [1.807, 2.05) is 6.07 Å². The third-order valence-corrected chi connectivity index (χ3v) is 3.64. The largest absolute Gasteiger partial charge is 0.452 e. The summed E-state index contributed by atoms with van der Waals surface area (Å²) in [5.41, 5.74) is 0.981. The molecule has 3 nitrogen and oxygen atoms in total. The minimum absolute atomic E-state index is 0.203. The summed E-state index contributed by atoms with van der Waals surface area (Å²) >= 11 is 3.23. The normalized spacial score (nSPS) is 14.3. The summed E-state index contributed by atoms with van der Waals surface area (Å²) in [7, 11) is 0. The van der Waals surface area contributed by atoms with Crippen LogP contribution in [0, 0.1) is 5.82 Å². The summed E-state index contributed by atoms with van der Waals surface area (Å²) < 4.78 is 20.1. The van der Waals surface area contributed by atoms with Crippen molar-refractivity contribution in [1.29, 1.82) is 0 Å². The first-order valence-corrected chi connectivity index (χ1v) is 7.31. The smallest absolute Gasteiger partial charge is 0.166 e. The fourth-order valence-electron chi connectivity index (χ4n) is 1.86. The van der Waals surface area contributed by atoms with Crippen LogP contribution in [0.5, 0.6) is 11.5 Å². The third kappa shape index (κ3) is 3.35. The number of pyridine rings is 1. The maximum Gasteiger partial charge on any atom is 0.166 e. The van der Waals surface area contributed by atoms with Gasteiger partial charge in [0.15, 0.2) is 11.6 Å². The summed E-state index contributed by atoms with van der Waals surface area (Å²) in [4.78, 5) is 4.05. The average molecular weight is 337 g/mol. The van der Waals surface area contributed by atoms with E-state index >= 15 is 0 Å². The molecule has 0 saturated heterocycles. The fraction of sp³-hybridized carbons (Fsp3) is 0.267. The molecule has 0 unspecified atom stereocenters. The Morgan fingerprint density at radius 1 is 1.30 bits per heavy atom. The van der Waals surface area contributed by atoms with Crippen LogP contribution in [0.2, 0.25) is 0 Å². The number of aromatic nitrogens is 1. The zero-order chi connectivity index (χ0) is 13.9. The molecular weight excluding hydrogens is 323 g/mol. The van der Waals surface area contributed by atoms with E-state index in [1.54, 1.807) is 24.5 Å². The molecular formula is C15H14BrFN2O. The number of nitrogens with zero attached hydrogens (tertiary/aromatic N) is 1. The molecule has 0 bridgehead atoms. The number of ether oxygens (including phenoxy) is 1. The lowest BCUT2D eigenvalue weighted by Gasteiger charge is -2.11. The van der Waals surface area contributed by atoms with E-state index in [4.69, 9.17) is 4.74 Å². The Morgan fingerprint density at radius 3 is 2.90 bits per heavy atom. The van der Waals surface area contributed by atoms with Gasteiger partial charge in [-0.3, -0.25) is 4.98 Å². The minimum atomic E-state index is -0.399. The molecule has 1 aliphatic rings. The van der Waals surface area contributed by atoms with Gasteiger partial charge in [0.05, 0.1) is 6.20 Å². The standard InChI is InChI=1S/C15H14BrFN2O/c16-11-1-4-14(13(17)7-11)20-15-9-18-6-5-10(15)8-19-12-2-3-12/h1,4-7,9,12,19H,2-3,8H2. The Labute approximate surface area is 125 Å². The van der Waals surface area contributed by atoms with Gasteiger partial charge < -0.3 is 10.1 Å². The highest BCUT2D eigenvalue weighted by Crippen LogP contribution is 2.29. The number of hydrogen-bond acceptors (Lipinski definition) is 3. The third-order valence-electron chi connectivity index (χ3n) is 3.14. The molecule has 1 fully saturated rings. The number of halogens is 2. The summed E-state index contributed by atoms with van der Waals surface area (Å²) in [6, 6.07) is 7.23. The van der Waals surface area contributed by atoms with Crippen molar-refractivity contribution in [3.8, 4) is 11.5 Å². The van der Waals surface area contributed by atoms with E-state index in [0.29, 0.717) is 22.8 Å². The van der Waals surface area contributed by atoms with Crippen molar-refractivity contribution in [2.45, 2.75) is 25.4 Å². The van der Waals surface area contributed by atoms with Gasteiger partial charge in [-0.05, 0) is 37.1 Å². The van der Waals surface area contributed by atoms with Gasteiger partial charge in [0.2, 0.25) is 0 Å². The molecule has 1 saturated carbocycles. The summed E-state index contributed by atoms with van der Waals surface area (Å²) in [6.07, 6.45) is 5.78. The topological polar surface area (TPSA) is 34.1 Å². The molecule has 104 valence electrons. The molecule has 0 spiro atoms. The van der Waals surface area contributed by atoms with E-state index in [2.05, 4.69) is 26.2 Å². The molecule has 0 amide bonds. The van der Waals surface area contributed by atoms with E-state index in [1.165, 1.54) is 18.9 Å². The van der Waals surface area contributed by atoms with Crippen molar-refractivity contribution in [3.05, 3.63) is 52.5 Å². The molecule has 0 aliphatic heterocycles. The van der Waals surface area contributed by atoms with Crippen LogP contribution in [-0.2, 0) is 6.54 Å². The number of rotatable bonds is 5. The van der Waals surface area contributed by atoms with E-state index in [0.717, 1.165) is 5.56 Å². The number of nitrogens with one attached hydrogen (secondary N) is 1. The van der Waals surface area contributed by atoms with Crippen LogP contribution in [-0.4, -0.2) is 11.0 Å². The van der Waals surface area contributed by atoms with E-state index in [-0.39, 0.29) is 5.75 Å². The lowest BCUT2D eigenvalue weighted by molar-refractivity contribution is 0.433. The monoisotopic (exact) mass is 336 g/mol. The SMILES string of the molecule is Fc1cc(Br)ccc1Oc1cnccc1CNC1CC1. The van der Waals surface area contributed by atoms with Crippen LogP contribution in [0.1, 0.15) is 18.4 Å². The molecule has 1 aromatic carbocycles. The highest BCUT2D eigenvalue weighted by molar-refractivity contribution is 9.10.